The molecule has 1 atom stereocenters. The number of likely N-dealkylation sites (N-methyl/N-ethyl adjacent to an activating group) is 1. The van der Waals surface area contributed by atoms with E-state index in [1.54, 1.807) is 0 Å². The fraction of sp³-hybridized carbons (Fsp3) is 1.00. The van der Waals surface area contributed by atoms with Crippen LogP contribution in [0.1, 0.15) is 20.8 Å². The van der Waals surface area contributed by atoms with Crippen LogP contribution in [0.5, 0.6) is 0 Å². The molecule has 0 aliphatic carbocycles. The van der Waals surface area contributed by atoms with Gasteiger partial charge in [-0.25, -0.2) is 0 Å². The summed E-state index contributed by atoms with van der Waals surface area (Å²) in [5.74, 6) is 0. The first kappa shape index (κ1) is 19.7. The lowest BCUT2D eigenvalue weighted by molar-refractivity contribution is -0.873. The zero-order valence-corrected chi connectivity index (χ0v) is 11.2. The van der Waals surface area contributed by atoms with Crippen molar-refractivity contribution < 1.29 is 14.3 Å². The molecule has 1 N–H and O–H groups in total. The highest BCUT2D eigenvalue weighted by Gasteiger charge is 2.09. The van der Waals surface area contributed by atoms with E-state index >= 15 is 0 Å². The molecule has 0 amide bonds. The summed E-state index contributed by atoms with van der Waals surface area (Å²) < 4.78 is 5.66. The van der Waals surface area contributed by atoms with Crippen molar-refractivity contribution in [3.63, 3.8) is 0 Å². The van der Waals surface area contributed by atoms with Crippen LogP contribution >= 0.6 is 12.4 Å². The molecule has 0 spiro atoms. The van der Waals surface area contributed by atoms with Crippen molar-refractivity contribution >= 4 is 12.4 Å². The van der Waals surface area contributed by atoms with E-state index in [4.69, 9.17) is 9.84 Å². The van der Waals surface area contributed by atoms with Gasteiger partial charge in [0.05, 0.1) is 21.1 Å². The summed E-state index contributed by atoms with van der Waals surface area (Å²) in [6.45, 7) is 8.30. The van der Waals surface area contributed by atoms with Gasteiger partial charge in [-0.3, -0.25) is 0 Å². The summed E-state index contributed by atoms with van der Waals surface area (Å²) in [5, 5.41) is 8.87. The van der Waals surface area contributed by atoms with Crippen molar-refractivity contribution in [2.24, 2.45) is 0 Å². The van der Waals surface area contributed by atoms with Crippen LogP contribution in [0.25, 0.3) is 0 Å². The fourth-order valence-electron chi connectivity index (χ4n) is 0.997. The third-order valence-electron chi connectivity index (χ3n) is 1.22. The number of quaternary nitrogens is 1. The number of aliphatic hydroxyl groups excluding tert-OH is 1. The Bertz CT molecular complexity index is 101. The summed E-state index contributed by atoms with van der Waals surface area (Å²) in [6.07, 6.45) is -0.185. The quantitative estimate of drug-likeness (QED) is 0.740. The van der Waals surface area contributed by atoms with E-state index < -0.39 is 0 Å². The lowest BCUT2D eigenvalue weighted by Gasteiger charge is -2.24. The minimum Gasteiger partial charge on any atom is -0.388 e. The Morgan fingerprint density at radius 1 is 1.14 bits per heavy atom. The molecule has 0 heterocycles. The molecule has 90 valence electrons. The molecule has 0 radical (unpaired) electrons. The summed E-state index contributed by atoms with van der Waals surface area (Å²) >= 11 is 0. The third kappa shape index (κ3) is 29.5. The van der Waals surface area contributed by atoms with Crippen LogP contribution in [-0.2, 0) is 4.74 Å². The van der Waals surface area contributed by atoms with Crippen molar-refractivity contribution in [1.82, 2.24) is 0 Å². The highest BCUT2D eigenvalue weighted by atomic mass is 35.5. The zero-order chi connectivity index (χ0) is 10.9. The van der Waals surface area contributed by atoms with Gasteiger partial charge in [0.25, 0.3) is 0 Å². The molecule has 0 rings (SSSR count). The maximum Gasteiger partial charge on any atom is 0.104 e. The summed E-state index contributed by atoms with van der Waals surface area (Å²) in [5.41, 5.74) is 0. The number of rotatable bonds is 4. The molecule has 4 heteroatoms. The predicted octanol–water partition coefficient (Wildman–Crippen LogP) is 1.54. The van der Waals surface area contributed by atoms with Crippen LogP contribution in [-0.4, -0.2) is 56.6 Å². The first-order chi connectivity index (χ1) is 5.83. The van der Waals surface area contributed by atoms with Gasteiger partial charge < -0.3 is 14.3 Å². The fourth-order valence-corrected chi connectivity index (χ4v) is 0.997. The average molecular weight is 229 g/mol. The smallest absolute Gasteiger partial charge is 0.104 e. The maximum absolute atomic E-state index is 8.87. The van der Waals surface area contributed by atoms with Gasteiger partial charge in [0.15, 0.2) is 0 Å². The van der Waals surface area contributed by atoms with Gasteiger partial charge in [-0.2, -0.15) is 0 Å². The molecule has 14 heavy (non-hydrogen) atoms. The van der Waals surface area contributed by atoms with Crippen LogP contribution in [0.4, 0.5) is 0 Å². The van der Waals surface area contributed by atoms with Crippen molar-refractivity contribution in [2.75, 3.05) is 40.9 Å². The Labute approximate surface area is 95.1 Å². The molecular formula is C10H27ClNO2+. The Balaban J connectivity index is -0.000000177. The number of aliphatic hydroxyl groups is 1. The van der Waals surface area contributed by atoms with E-state index in [1.807, 2.05) is 20.8 Å². The SMILES string of the molecule is CC(O)C[N+](C)(C)C.CCOCC.Cl. The Morgan fingerprint density at radius 2 is 1.50 bits per heavy atom. The Hall–Kier alpha value is 0.170. The second-order valence-electron chi connectivity index (χ2n) is 4.10. The normalized spacial score (nSPS) is 12.2. The first-order valence-electron chi connectivity index (χ1n) is 4.89. The number of nitrogens with zero attached hydrogens (tertiary/aromatic N) is 1. The number of hydrogen-bond acceptors (Lipinski definition) is 2. The van der Waals surface area contributed by atoms with Gasteiger partial charge in [-0.1, -0.05) is 0 Å². The molecule has 0 aliphatic rings. The molecule has 0 aromatic carbocycles. The number of hydrogen-bond donors (Lipinski definition) is 1. The molecule has 0 aromatic rings. The lowest BCUT2D eigenvalue weighted by Crippen LogP contribution is -2.40. The summed E-state index contributed by atoms with van der Waals surface area (Å²) in [6, 6.07) is 0. The zero-order valence-electron chi connectivity index (χ0n) is 10.4. The second-order valence-corrected chi connectivity index (χ2v) is 4.10. The molecule has 0 aliphatic heterocycles. The van der Waals surface area contributed by atoms with Gasteiger partial charge in [-0.05, 0) is 20.8 Å². The highest BCUT2D eigenvalue weighted by Crippen LogP contribution is 1.92. The second kappa shape index (κ2) is 11.2. The molecule has 0 saturated carbocycles. The molecule has 1 unspecified atom stereocenters. The number of halogens is 1. The van der Waals surface area contributed by atoms with Crippen LogP contribution in [0.3, 0.4) is 0 Å². The van der Waals surface area contributed by atoms with Crippen molar-refractivity contribution in [3.05, 3.63) is 0 Å². The summed E-state index contributed by atoms with van der Waals surface area (Å²) in [7, 11) is 6.19. The Kier molecular flexibility index (Phi) is 15.8. The van der Waals surface area contributed by atoms with Crippen LogP contribution < -0.4 is 0 Å². The van der Waals surface area contributed by atoms with Gasteiger partial charge in [0.1, 0.15) is 12.6 Å². The van der Waals surface area contributed by atoms with E-state index in [0.717, 1.165) is 24.2 Å². The van der Waals surface area contributed by atoms with Gasteiger partial charge in [0, 0.05) is 13.2 Å². The molecule has 3 nitrogen and oxygen atoms in total. The van der Waals surface area contributed by atoms with Gasteiger partial charge >= 0.3 is 0 Å². The molecule has 0 aromatic heterocycles. The van der Waals surface area contributed by atoms with Crippen molar-refractivity contribution in [3.8, 4) is 0 Å². The molecule has 0 bridgehead atoms. The number of ether oxygens (including phenoxy) is 1. The maximum atomic E-state index is 8.87. The Morgan fingerprint density at radius 3 is 1.50 bits per heavy atom. The summed E-state index contributed by atoms with van der Waals surface area (Å²) in [4.78, 5) is 0. The standard InChI is InChI=1S/C6H16NO.C4H10O.ClH/c1-6(8)5-7(2,3)4;1-3-5-4-2;/h6,8H,5H2,1-4H3;3-4H2,1-2H3;1H/q+1;;. The monoisotopic (exact) mass is 228 g/mol. The lowest BCUT2D eigenvalue weighted by atomic mass is 10.3. The molecular weight excluding hydrogens is 202 g/mol. The topological polar surface area (TPSA) is 29.5 Å². The van der Waals surface area contributed by atoms with E-state index in [0.29, 0.717) is 0 Å². The van der Waals surface area contributed by atoms with Crippen LogP contribution in [0.15, 0.2) is 0 Å². The largest absolute Gasteiger partial charge is 0.388 e. The molecule has 0 fully saturated rings. The average Bonchev–Trinajstić information content (AvgIpc) is 1.84. The predicted molar refractivity (Wildman–Crippen MR) is 64.0 cm³/mol. The third-order valence-corrected chi connectivity index (χ3v) is 1.22. The van der Waals surface area contributed by atoms with E-state index in [2.05, 4.69) is 21.1 Å². The van der Waals surface area contributed by atoms with Crippen LogP contribution in [0.2, 0.25) is 0 Å². The van der Waals surface area contributed by atoms with Crippen molar-refractivity contribution in [2.45, 2.75) is 26.9 Å². The minimum atomic E-state index is -0.185. The molecule has 0 saturated heterocycles. The van der Waals surface area contributed by atoms with Gasteiger partial charge in [-0.15, -0.1) is 12.4 Å². The van der Waals surface area contributed by atoms with E-state index in [1.165, 1.54) is 0 Å². The van der Waals surface area contributed by atoms with Gasteiger partial charge in [0.2, 0.25) is 0 Å². The highest BCUT2D eigenvalue weighted by molar-refractivity contribution is 5.85. The first-order valence-corrected chi connectivity index (χ1v) is 4.89. The van der Waals surface area contributed by atoms with Crippen molar-refractivity contribution in [1.29, 1.82) is 0 Å². The van der Waals surface area contributed by atoms with Crippen LogP contribution in [0, 0.1) is 0 Å². The minimum absolute atomic E-state index is 0. The van der Waals surface area contributed by atoms with E-state index in [9.17, 15) is 0 Å². The van der Waals surface area contributed by atoms with E-state index in [-0.39, 0.29) is 18.5 Å².